The Hall–Kier alpha value is -1.68. The van der Waals surface area contributed by atoms with Gasteiger partial charge < -0.3 is 14.6 Å². The Morgan fingerprint density at radius 3 is 1.73 bits per heavy atom. The molecule has 0 radical (unpaired) electrons. The normalized spacial score (nSPS) is 23.0. The van der Waals surface area contributed by atoms with E-state index in [0.717, 1.165) is 30.4 Å². The van der Waals surface area contributed by atoms with Crippen molar-refractivity contribution in [3.63, 3.8) is 0 Å². The van der Waals surface area contributed by atoms with Crippen molar-refractivity contribution in [1.82, 2.24) is 0 Å². The molecule has 1 aliphatic rings. The van der Waals surface area contributed by atoms with E-state index in [0.29, 0.717) is 12.8 Å². The van der Waals surface area contributed by atoms with Crippen LogP contribution in [-0.4, -0.2) is 17.0 Å². The van der Waals surface area contributed by atoms with Gasteiger partial charge in [0, 0.05) is 0 Å². The van der Waals surface area contributed by atoms with Crippen LogP contribution in [0.3, 0.4) is 0 Å². The molecule has 0 bridgehead atoms. The van der Waals surface area contributed by atoms with Gasteiger partial charge in [0.2, 0.25) is 0 Å². The number of aliphatic hydroxyl groups is 1. The van der Waals surface area contributed by atoms with Crippen LogP contribution in [0.4, 0.5) is 0 Å². The van der Waals surface area contributed by atoms with E-state index in [9.17, 15) is 5.11 Å². The van der Waals surface area contributed by atoms with E-state index in [2.05, 4.69) is 31.2 Å². The largest absolute Gasteiger partial charge is 0.385 e. The van der Waals surface area contributed by atoms with Crippen LogP contribution in [0.25, 0.3) is 0 Å². The second-order valence-electron chi connectivity index (χ2n) is 7.18. The molecule has 3 atom stereocenters. The third-order valence-corrected chi connectivity index (χ3v) is 5.34. The van der Waals surface area contributed by atoms with Gasteiger partial charge in [-0.3, -0.25) is 0 Å². The van der Waals surface area contributed by atoms with Crippen LogP contribution in [0.15, 0.2) is 60.7 Å². The molecular weight excluding hydrogens is 324 g/mol. The minimum Gasteiger partial charge on any atom is -0.385 e. The van der Waals surface area contributed by atoms with Crippen molar-refractivity contribution in [3.05, 3.63) is 71.8 Å². The number of rotatable bonds is 8. The van der Waals surface area contributed by atoms with Crippen LogP contribution >= 0.6 is 0 Å². The molecule has 140 valence electrons. The molecule has 0 aliphatic carbocycles. The minimum absolute atomic E-state index is 0.215. The molecule has 2 aromatic carbocycles. The second kappa shape index (κ2) is 8.81. The van der Waals surface area contributed by atoms with E-state index in [1.54, 1.807) is 0 Å². The summed E-state index contributed by atoms with van der Waals surface area (Å²) in [6, 6.07) is 20.3. The van der Waals surface area contributed by atoms with Gasteiger partial charge in [-0.1, -0.05) is 93.8 Å². The molecule has 0 spiro atoms. The Balaban J connectivity index is 1.86. The SMILES string of the molecule is CCCCC[C@@](O)(CC)C1O[C@H](c2ccccc2)[C@@H](c2ccccc2)O1. The molecule has 1 N–H and O–H groups in total. The first-order valence-corrected chi connectivity index (χ1v) is 9.81. The summed E-state index contributed by atoms with van der Waals surface area (Å²) in [5.74, 6) is 0. The van der Waals surface area contributed by atoms with Crippen molar-refractivity contribution in [2.75, 3.05) is 0 Å². The summed E-state index contributed by atoms with van der Waals surface area (Å²) in [6.45, 7) is 4.18. The number of unbranched alkanes of at least 4 members (excludes halogenated alkanes) is 2. The molecule has 3 rings (SSSR count). The van der Waals surface area contributed by atoms with Crippen molar-refractivity contribution in [2.24, 2.45) is 0 Å². The fourth-order valence-electron chi connectivity index (χ4n) is 3.63. The topological polar surface area (TPSA) is 38.7 Å². The maximum atomic E-state index is 11.2. The predicted molar refractivity (Wildman–Crippen MR) is 104 cm³/mol. The second-order valence-corrected chi connectivity index (χ2v) is 7.18. The zero-order chi connectivity index (χ0) is 18.4. The lowest BCUT2D eigenvalue weighted by atomic mass is 9.92. The van der Waals surface area contributed by atoms with Gasteiger partial charge in [-0.05, 0) is 24.0 Å². The maximum Gasteiger partial charge on any atom is 0.187 e. The van der Waals surface area contributed by atoms with E-state index in [4.69, 9.17) is 9.47 Å². The Bertz CT molecular complexity index is 610. The molecule has 2 aromatic rings. The lowest BCUT2D eigenvalue weighted by Gasteiger charge is -2.32. The highest BCUT2D eigenvalue weighted by atomic mass is 16.7. The molecule has 1 heterocycles. The van der Waals surface area contributed by atoms with Crippen LogP contribution in [0, 0.1) is 0 Å². The summed E-state index contributed by atoms with van der Waals surface area (Å²) in [5, 5.41) is 11.2. The summed E-state index contributed by atoms with van der Waals surface area (Å²) in [6.07, 6.45) is 3.50. The van der Waals surface area contributed by atoms with Crippen LogP contribution in [0.5, 0.6) is 0 Å². The first-order valence-electron chi connectivity index (χ1n) is 9.81. The summed E-state index contributed by atoms with van der Waals surface area (Å²) in [7, 11) is 0. The summed E-state index contributed by atoms with van der Waals surface area (Å²) >= 11 is 0. The fourth-order valence-corrected chi connectivity index (χ4v) is 3.63. The average Bonchev–Trinajstić information content (AvgIpc) is 3.15. The lowest BCUT2D eigenvalue weighted by Crippen LogP contribution is -2.42. The van der Waals surface area contributed by atoms with Gasteiger partial charge in [-0.2, -0.15) is 0 Å². The Kier molecular flexibility index (Phi) is 6.47. The van der Waals surface area contributed by atoms with Gasteiger partial charge in [0.25, 0.3) is 0 Å². The predicted octanol–water partition coefficient (Wildman–Crippen LogP) is 5.56. The molecule has 26 heavy (non-hydrogen) atoms. The van der Waals surface area contributed by atoms with Crippen LogP contribution < -0.4 is 0 Å². The van der Waals surface area contributed by atoms with Crippen molar-refractivity contribution in [2.45, 2.75) is 70.1 Å². The molecule has 0 aromatic heterocycles. The number of hydrogen-bond acceptors (Lipinski definition) is 3. The first-order chi connectivity index (χ1) is 12.7. The van der Waals surface area contributed by atoms with Gasteiger partial charge >= 0.3 is 0 Å². The summed E-state index contributed by atoms with van der Waals surface area (Å²) < 4.78 is 12.7. The molecule has 0 saturated carbocycles. The van der Waals surface area contributed by atoms with Gasteiger partial charge in [0.15, 0.2) is 6.29 Å². The molecular formula is C23H30O3. The summed E-state index contributed by atoms with van der Waals surface area (Å²) in [5.41, 5.74) is 1.21. The standard InChI is InChI=1S/C23H30O3/c1-3-5-12-17-23(24,4-2)22-25-20(18-13-8-6-9-14-18)21(26-22)19-15-10-7-11-16-19/h6-11,13-16,20-22,24H,3-5,12,17H2,1-2H3/t20-,21-,23+/m1/s1. The smallest absolute Gasteiger partial charge is 0.187 e. The zero-order valence-corrected chi connectivity index (χ0v) is 15.8. The zero-order valence-electron chi connectivity index (χ0n) is 15.8. The number of hydrogen-bond donors (Lipinski definition) is 1. The highest BCUT2D eigenvalue weighted by Crippen LogP contribution is 2.46. The third-order valence-electron chi connectivity index (χ3n) is 5.34. The summed E-state index contributed by atoms with van der Waals surface area (Å²) in [4.78, 5) is 0. The number of benzene rings is 2. The van der Waals surface area contributed by atoms with Gasteiger partial charge in [0.1, 0.15) is 17.8 Å². The quantitative estimate of drug-likeness (QED) is 0.630. The highest BCUT2D eigenvalue weighted by Gasteiger charge is 2.47. The van der Waals surface area contributed by atoms with Crippen molar-refractivity contribution >= 4 is 0 Å². The van der Waals surface area contributed by atoms with Gasteiger partial charge in [0.05, 0.1) is 0 Å². The minimum atomic E-state index is -0.953. The van der Waals surface area contributed by atoms with Gasteiger partial charge in [-0.15, -0.1) is 0 Å². The molecule has 0 amide bonds. The Morgan fingerprint density at radius 2 is 1.31 bits per heavy atom. The van der Waals surface area contributed by atoms with E-state index in [1.165, 1.54) is 0 Å². The Labute approximate surface area is 157 Å². The van der Waals surface area contributed by atoms with Crippen molar-refractivity contribution in [3.8, 4) is 0 Å². The fraction of sp³-hybridized carbons (Fsp3) is 0.478. The first kappa shape index (κ1) is 19.1. The van der Waals surface area contributed by atoms with E-state index < -0.39 is 11.9 Å². The number of ether oxygens (including phenoxy) is 2. The third kappa shape index (κ3) is 4.17. The van der Waals surface area contributed by atoms with Crippen molar-refractivity contribution < 1.29 is 14.6 Å². The molecule has 3 nitrogen and oxygen atoms in total. The molecule has 3 heteroatoms. The van der Waals surface area contributed by atoms with E-state index in [1.807, 2.05) is 43.3 Å². The van der Waals surface area contributed by atoms with Crippen LogP contribution in [0.1, 0.15) is 69.3 Å². The van der Waals surface area contributed by atoms with E-state index in [-0.39, 0.29) is 12.2 Å². The van der Waals surface area contributed by atoms with Crippen LogP contribution in [-0.2, 0) is 9.47 Å². The molecule has 1 aliphatic heterocycles. The lowest BCUT2D eigenvalue weighted by molar-refractivity contribution is -0.198. The monoisotopic (exact) mass is 354 g/mol. The molecule has 1 fully saturated rings. The average molecular weight is 354 g/mol. The Morgan fingerprint density at radius 1 is 0.808 bits per heavy atom. The van der Waals surface area contributed by atoms with Crippen LogP contribution in [0.2, 0.25) is 0 Å². The molecule has 1 saturated heterocycles. The maximum absolute atomic E-state index is 11.2. The van der Waals surface area contributed by atoms with E-state index >= 15 is 0 Å². The van der Waals surface area contributed by atoms with Crippen molar-refractivity contribution in [1.29, 1.82) is 0 Å². The highest BCUT2D eigenvalue weighted by molar-refractivity contribution is 5.26. The van der Waals surface area contributed by atoms with Gasteiger partial charge in [-0.25, -0.2) is 0 Å². The molecule has 0 unspecified atom stereocenters.